The molecule has 0 aliphatic heterocycles. The number of carbonyl (C=O) groups is 2. The number of hydrogen-bond donors (Lipinski definition) is 0. The Labute approximate surface area is 84.4 Å². The van der Waals surface area contributed by atoms with E-state index in [1.165, 1.54) is 13.0 Å². The third-order valence-corrected chi connectivity index (χ3v) is 1.73. The molecule has 78 valence electrons. The van der Waals surface area contributed by atoms with E-state index in [0.717, 1.165) is 0 Å². The Balaban J connectivity index is 4.25. The van der Waals surface area contributed by atoms with E-state index in [-0.39, 0.29) is 12.4 Å². The minimum Gasteiger partial charge on any atom is -0.461 e. The number of carbonyl (C=O) groups excluding carboxylic acids is 2. The highest BCUT2D eigenvalue weighted by molar-refractivity contribution is 5.97. The van der Waals surface area contributed by atoms with Crippen molar-refractivity contribution in [1.29, 1.82) is 0 Å². The molecule has 0 heterocycles. The van der Waals surface area contributed by atoms with E-state index in [9.17, 15) is 9.59 Å². The molecule has 3 nitrogen and oxygen atoms in total. The first kappa shape index (κ1) is 12.6. The molecule has 0 N–H and O–H groups in total. The van der Waals surface area contributed by atoms with Crippen molar-refractivity contribution in [3.8, 4) is 0 Å². The summed E-state index contributed by atoms with van der Waals surface area (Å²) in [5, 5.41) is 0. The van der Waals surface area contributed by atoms with Crippen LogP contribution < -0.4 is 0 Å². The molecule has 0 aromatic rings. The highest BCUT2D eigenvalue weighted by Gasteiger charge is 2.22. The lowest BCUT2D eigenvalue weighted by atomic mass is 10.0. The van der Waals surface area contributed by atoms with Gasteiger partial charge in [0.2, 0.25) is 0 Å². The van der Waals surface area contributed by atoms with Gasteiger partial charge in [0, 0.05) is 0 Å². The van der Waals surface area contributed by atoms with E-state index >= 15 is 0 Å². The number of Topliss-reactive ketones (excluding diaryl/α,β-unsaturated/α-hetero) is 1. The molecule has 0 saturated heterocycles. The Kier molecular flexibility index (Phi) is 6.37. The standard InChI is InChI=1S/C11H16O3/c1-4-6-7-10(9(3)12)11(13)14-8-5-2/h4-6,10H,2,7-8H2,1,3H3. The molecule has 0 aliphatic rings. The molecule has 0 radical (unpaired) electrons. The lowest BCUT2D eigenvalue weighted by Gasteiger charge is -2.09. The van der Waals surface area contributed by atoms with Gasteiger partial charge in [0.25, 0.3) is 0 Å². The van der Waals surface area contributed by atoms with Gasteiger partial charge >= 0.3 is 5.97 Å². The number of ketones is 1. The molecule has 1 atom stereocenters. The normalized spacial score (nSPS) is 12.4. The molecule has 0 spiro atoms. The fraction of sp³-hybridized carbons (Fsp3) is 0.455. The molecule has 3 heteroatoms. The number of ether oxygens (including phenoxy) is 1. The number of esters is 1. The molecule has 0 rings (SSSR count). The summed E-state index contributed by atoms with van der Waals surface area (Å²) < 4.78 is 4.80. The minimum absolute atomic E-state index is 0.151. The molecular formula is C11H16O3. The molecule has 0 saturated carbocycles. The second-order valence-corrected chi connectivity index (χ2v) is 2.89. The van der Waals surface area contributed by atoms with Crippen LogP contribution in [0, 0.1) is 5.92 Å². The molecule has 0 amide bonds. The first-order valence-corrected chi connectivity index (χ1v) is 4.52. The second-order valence-electron chi connectivity index (χ2n) is 2.89. The van der Waals surface area contributed by atoms with E-state index in [1.807, 2.05) is 6.92 Å². The lowest BCUT2D eigenvalue weighted by molar-refractivity contribution is -0.150. The van der Waals surface area contributed by atoms with Crippen molar-refractivity contribution >= 4 is 11.8 Å². The topological polar surface area (TPSA) is 43.4 Å². The summed E-state index contributed by atoms with van der Waals surface area (Å²) in [6.07, 6.45) is 5.46. The first-order chi connectivity index (χ1) is 6.63. The predicted molar refractivity (Wildman–Crippen MR) is 54.8 cm³/mol. The zero-order valence-corrected chi connectivity index (χ0v) is 8.66. The Bertz CT molecular complexity index is 241. The van der Waals surface area contributed by atoms with E-state index in [1.54, 1.807) is 12.2 Å². The lowest BCUT2D eigenvalue weighted by Crippen LogP contribution is -2.23. The molecule has 14 heavy (non-hydrogen) atoms. The van der Waals surface area contributed by atoms with Crippen LogP contribution in [0.15, 0.2) is 24.8 Å². The van der Waals surface area contributed by atoms with Crippen molar-refractivity contribution < 1.29 is 14.3 Å². The molecule has 1 unspecified atom stereocenters. The van der Waals surface area contributed by atoms with E-state index in [0.29, 0.717) is 6.42 Å². The molecule has 0 fully saturated rings. The summed E-state index contributed by atoms with van der Waals surface area (Å²) in [7, 11) is 0. The minimum atomic E-state index is -0.675. The van der Waals surface area contributed by atoms with Gasteiger partial charge in [-0.25, -0.2) is 0 Å². The van der Waals surface area contributed by atoms with E-state index in [4.69, 9.17) is 4.74 Å². The van der Waals surface area contributed by atoms with Gasteiger partial charge in [-0.2, -0.15) is 0 Å². The maximum Gasteiger partial charge on any atom is 0.317 e. The smallest absolute Gasteiger partial charge is 0.317 e. The summed E-state index contributed by atoms with van der Waals surface area (Å²) in [5.74, 6) is -1.32. The fourth-order valence-corrected chi connectivity index (χ4v) is 0.942. The predicted octanol–water partition coefficient (Wildman–Crippen LogP) is 1.89. The van der Waals surface area contributed by atoms with Gasteiger partial charge in [-0.1, -0.05) is 24.8 Å². The summed E-state index contributed by atoms with van der Waals surface area (Å²) in [5.41, 5.74) is 0. The first-order valence-electron chi connectivity index (χ1n) is 4.52. The SMILES string of the molecule is C=CCOC(=O)C(CC=CC)C(C)=O. The van der Waals surface area contributed by atoms with Gasteiger partial charge in [0.1, 0.15) is 18.3 Å². The number of rotatable bonds is 6. The second kappa shape index (κ2) is 7.06. The monoisotopic (exact) mass is 196 g/mol. The van der Waals surface area contributed by atoms with Crippen LogP contribution in [0.2, 0.25) is 0 Å². The van der Waals surface area contributed by atoms with Gasteiger partial charge < -0.3 is 4.74 Å². The quantitative estimate of drug-likeness (QED) is 0.370. The summed E-state index contributed by atoms with van der Waals surface area (Å²) >= 11 is 0. The summed E-state index contributed by atoms with van der Waals surface area (Å²) in [4.78, 5) is 22.4. The van der Waals surface area contributed by atoms with Gasteiger partial charge in [-0.05, 0) is 20.3 Å². The molecule has 0 bridgehead atoms. The van der Waals surface area contributed by atoms with Crippen LogP contribution in [0.4, 0.5) is 0 Å². The number of hydrogen-bond acceptors (Lipinski definition) is 3. The molecule has 0 aromatic heterocycles. The average Bonchev–Trinajstić information content (AvgIpc) is 2.14. The third-order valence-electron chi connectivity index (χ3n) is 1.73. The van der Waals surface area contributed by atoms with Crippen LogP contribution in [-0.4, -0.2) is 18.4 Å². The maximum absolute atomic E-state index is 11.3. The highest BCUT2D eigenvalue weighted by Crippen LogP contribution is 2.08. The average molecular weight is 196 g/mol. The Morgan fingerprint density at radius 1 is 1.50 bits per heavy atom. The third kappa shape index (κ3) is 4.60. The Hall–Kier alpha value is -1.38. The van der Waals surface area contributed by atoms with E-state index < -0.39 is 11.9 Å². The van der Waals surface area contributed by atoms with Crippen molar-refractivity contribution in [2.24, 2.45) is 5.92 Å². The van der Waals surface area contributed by atoms with Crippen molar-refractivity contribution in [3.05, 3.63) is 24.8 Å². The van der Waals surface area contributed by atoms with Crippen LogP contribution >= 0.6 is 0 Å². The van der Waals surface area contributed by atoms with Gasteiger partial charge in [-0.15, -0.1) is 0 Å². The van der Waals surface area contributed by atoms with Gasteiger partial charge in [-0.3, -0.25) is 9.59 Å². The zero-order chi connectivity index (χ0) is 11.0. The van der Waals surface area contributed by atoms with Crippen molar-refractivity contribution in [3.63, 3.8) is 0 Å². The van der Waals surface area contributed by atoms with Crippen LogP contribution in [0.3, 0.4) is 0 Å². The van der Waals surface area contributed by atoms with E-state index in [2.05, 4.69) is 6.58 Å². The largest absolute Gasteiger partial charge is 0.461 e. The van der Waals surface area contributed by atoms with Crippen LogP contribution in [-0.2, 0) is 14.3 Å². The van der Waals surface area contributed by atoms with Crippen LogP contribution in [0.25, 0.3) is 0 Å². The molecule has 0 aromatic carbocycles. The van der Waals surface area contributed by atoms with Crippen molar-refractivity contribution in [2.75, 3.05) is 6.61 Å². The van der Waals surface area contributed by atoms with Crippen molar-refractivity contribution in [1.82, 2.24) is 0 Å². The maximum atomic E-state index is 11.3. The number of allylic oxidation sites excluding steroid dienone is 2. The van der Waals surface area contributed by atoms with Crippen LogP contribution in [0.5, 0.6) is 0 Å². The van der Waals surface area contributed by atoms with Crippen LogP contribution in [0.1, 0.15) is 20.3 Å². The summed E-state index contributed by atoms with van der Waals surface area (Å²) in [6, 6.07) is 0. The fourth-order valence-electron chi connectivity index (χ4n) is 0.942. The molecular weight excluding hydrogens is 180 g/mol. The van der Waals surface area contributed by atoms with Crippen molar-refractivity contribution in [2.45, 2.75) is 20.3 Å². The Morgan fingerprint density at radius 3 is 2.57 bits per heavy atom. The van der Waals surface area contributed by atoms with Gasteiger partial charge in [0.05, 0.1) is 0 Å². The van der Waals surface area contributed by atoms with Gasteiger partial charge in [0.15, 0.2) is 0 Å². The molecule has 0 aliphatic carbocycles. The summed E-state index contributed by atoms with van der Waals surface area (Å²) in [6.45, 7) is 6.81. The Morgan fingerprint density at radius 2 is 2.14 bits per heavy atom. The zero-order valence-electron chi connectivity index (χ0n) is 8.66. The highest BCUT2D eigenvalue weighted by atomic mass is 16.5.